The summed E-state index contributed by atoms with van der Waals surface area (Å²) in [6, 6.07) is 16.3. The van der Waals surface area contributed by atoms with Gasteiger partial charge in [-0.25, -0.2) is 4.98 Å². The van der Waals surface area contributed by atoms with Crippen LogP contribution >= 0.6 is 0 Å². The number of aromatic nitrogens is 2. The highest BCUT2D eigenvalue weighted by atomic mass is 16.5. The van der Waals surface area contributed by atoms with E-state index in [1.807, 2.05) is 30.3 Å². The van der Waals surface area contributed by atoms with Gasteiger partial charge in [0, 0.05) is 26.6 Å². The van der Waals surface area contributed by atoms with Gasteiger partial charge in [-0.3, -0.25) is 4.99 Å². The maximum Gasteiger partial charge on any atom is 0.190 e. The largest absolute Gasteiger partial charge is 0.497 e. The molecule has 0 aliphatic rings. The summed E-state index contributed by atoms with van der Waals surface area (Å²) in [5.74, 6) is 2.74. The Morgan fingerprint density at radius 3 is 2.56 bits per heavy atom. The summed E-state index contributed by atoms with van der Waals surface area (Å²) in [6.07, 6.45) is 2.83. The summed E-state index contributed by atoms with van der Waals surface area (Å²) in [5, 5.41) is 6.71. The number of nitrogens with one attached hydrogen (secondary N) is 3. The molecular formula is C21H27N5O. The number of rotatable bonds is 8. The zero-order valence-corrected chi connectivity index (χ0v) is 16.0. The van der Waals surface area contributed by atoms with E-state index in [0.29, 0.717) is 0 Å². The number of aromatic amines is 1. The third kappa shape index (κ3) is 5.48. The van der Waals surface area contributed by atoms with Crippen molar-refractivity contribution in [2.24, 2.45) is 4.99 Å². The zero-order valence-electron chi connectivity index (χ0n) is 16.0. The van der Waals surface area contributed by atoms with Gasteiger partial charge >= 0.3 is 0 Å². The molecule has 0 fully saturated rings. The van der Waals surface area contributed by atoms with Crippen LogP contribution in [-0.4, -0.2) is 43.2 Å². The number of nitrogens with zero attached hydrogens (tertiary/aromatic N) is 2. The molecule has 0 aliphatic carbocycles. The Balaban J connectivity index is 1.36. The fourth-order valence-corrected chi connectivity index (χ4v) is 2.92. The van der Waals surface area contributed by atoms with Crippen molar-refractivity contribution in [3.05, 3.63) is 59.9 Å². The van der Waals surface area contributed by atoms with Gasteiger partial charge in [0.05, 0.1) is 18.1 Å². The Hall–Kier alpha value is -3.02. The van der Waals surface area contributed by atoms with Crippen molar-refractivity contribution in [2.75, 3.05) is 27.2 Å². The lowest BCUT2D eigenvalue weighted by Gasteiger charge is -2.11. The summed E-state index contributed by atoms with van der Waals surface area (Å²) >= 11 is 0. The number of guanidine groups is 1. The number of para-hydroxylation sites is 2. The molecule has 0 aliphatic heterocycles. The smallest absolute Gasteiger partial charge is 0.190 e. The van der Waals surface area contributed by atoms with Crippen molar-refractivity contribution >= 4 is 17.0 Å². The van der Waals surface area contributed by atoms with Gasteiger partial charge in [-0.15, -0.1) is 0 Å². The molecule has 0 bridgehead atoms. The number of hydrogen-bond donors (Lipinski definition) is 3. The van der Waals surface area contributed by atoms with Crippen LogP contribution in [0.4, 0.5) is 0 Å². The van der Waals surface area contributed by atoms with Crippen molar-refractivity contribution in [2.45, 2.75) is 19.3 Å². The van der Waals surface area contributed by atoms with E-state index in [1.54, 1.807) is 14.2 Å². The Morgan fingerprint density at radius 2 is 1.81 bits per heavy atom. The second-order valence-corrected chi connectivity index (χ2v) is 6.33. The summed E-state index contributed by atoms with van der Waals surface area (Å²) in [4.78, 5) is 12.2. The van der Waals surface area contributed by atoms with Gasteiger partial charge in [-0.05, 0) is 42.7 Å². The molecule has 3 aromatic rings. The van der Waals surface area contributed by atoms with Gasteiger partial charge in [0.2, 0.25) is 0 Å². The average Bonchev–Trinajstić information content (AvgIpc) is 3.13. The van der Waals surface area contributed by atoms with Crippen LogP contribution in [0.1, 0.15) is 17.8 Å². The van der Waals surface area contributed by atoms with E-state index < -0.39 is 0 Å². The van der Waals surface area contributed by atoms with Crippen molar-refractivity contribution in [3.63, 3.8) is 0 Å². The third-order valence-electron chi connectivity index (χ3n) is 4.41. The van der Waals surface area contributed by atoms with Gasteiger partial charge in [0.25, 0.3) is 0 Å². The van der Waals surface area contributed by atoms with E-state index in [2.05, 4.69) is 43.8 Å². The van der Waals surface area contributed by atoms with Crippen molar-refractivity contribution in [1.82, 2.24) is 20.6 Å². The predicted molar refractivity (Wildman–Crippen MR) is 110 cm³/mol. The number of ether oxygens (including phenoxy) is 1. The van der Waals surface area contributed by atoms with E-state index >= 15 is 0 Å². The Morgan fingerprint density at radius 1 is 1.04 bits per heavy atom. The maximum absolute atomic E-state index is 5.18. The predicted octanol–water partition coefficient (Wildman–Crippen LogP) is 2.91. The second kappa shape index (κ2) is 9.62. The number of benzene rings is 2. The van der Waals surface area contributed by atoms with Crippen LogP contribution < -0.4 is 15.4 Å². The highest BCUT2D eigenvalue weighted by Gasteiger charge is 2.02. The van der Waals surface area contributed by atoms with Crippen LogP contribution in [0.5, 0.6) is 5.75 Å². The molecule has 27 heavy (non-hydrogen) atoms. The molecule has 0 saturated carbocycles. The quantitative estimate of drug-likeness (QED) is 0.326. The molecule has 0 saturated heterocycles. The first-order valence-corrected chi connectivity index (χ1v) is 9.29. The number of H-pyrrole nitrogens is 1. The second-order valence-electron chi connectivity index (χ2n) is 6.33. The average molecular weight is 365 g/mol. The van der Waals surface area contributed by atoms with Crippen LogP contribution in [0.15, 0.2) is 53.5 Å². The third-order valence-corrected chi connectivity index (χ3v) is 4.41. The van der Waals surface area contributed by atoms with E-state index in [1.165, 1.54) is 5.56 Å². The molecule has 0 radical (unpaired) electrons. The molecule has 0 atom stereocenters. The number of methoxy groups -OCH3 is 1. The number of fused-ring (bicyclic) bond motifs is 1. The lowest BCUT2D eigenvalue weighted by molar-refractivity contribution is 0.414. The fourth-order valence-electron chi connectivity index (χ4n) is 2.92. The number of imidazole rings is 1. The Labute approximate surface area is 160 Å². The van der Waals surface area contributed by atoms with Crippen LogP contribution in [0.3, 0.4) is 0 Å². The molecule has 0 amide bonds. The first-order valence-electron chi connectivity index (χ1n) is 9.29. The monoisotopic (exact) mass is 365 g/mol. The summed E-state index contributed by atoms with van der Waals surface area (Å²) in [7, 11) is 3.47. The lowest BCUT2D eigenvalue weighted by Crippen LogP contribution is -2.38. The topological polar surface area (TPSA) is 74.3 Å². The molecule has 3 N–H and O–H groups in total. The summed E-state index contributed by atoms with van der Waals surface area (Å²) in [6.45, 7) is 1.68. The number of aliphatic imine (C=N–C) groups is 1. The Kier molecular flexibility index (Phi) is 6.68. The SMILES string of the molecule is CN=C(NCCCc1nc2ccccc2[nH]1)NCCc1ccc(OC)cc1. The van der Waals surface area contributed by atoms with Crippen LogP contribution in [-0.2, 0) is 12.8 Å². The molecule has 0 unspecified atom stereocenters. The van der Waals surface area contributed by atoms with Crippen molar-refractivity contribution in [3.8, 4) is 5.75 Å². The summed E-state index contributed by atoms with van der Waals surface area (Å²) in [5.41, 5.74) is 3.39. The molecule has 142 valence electrons. The molecule has 1 aromatic heterocycles. The number of aryl methyl sites for hydroxylation is 1. The molecule has 1 heterocycles. The van der Waals surface area contributed by atoms with Gasteiger partial charge < -0.3 is 20.4 Å². The van der Waals surface area contributed by atoms with E-state index in [4.69, 9.17) is 4.74 Å². The van der Waals surface area contributed by atoms with E-state index in [0.717, 1.165) is 60.9 Å². The van der Waals surface area contributed by atoms with Gasteiger partial charge in [0.15, 0.2) is 5.96 Å². The van der Waals surface area contributed by atoms with Gasteiger partial charge in [-0.2, -0.15) is 0 Å². The van der Waals surface area contributed by atoms with Crippen LogP contribution in [0.2, 0.25) is 0 Å². The molecule has 3 rings (SSSR count). The van der Waals surface area contributed by atoms with Crippen LogP contribution in [0.25, 0.3) is 11.0 Å². The molecular weight excluding hydrogens is 338 g/mol. The van der Waals surface area contributed by atoms with Gasteiger partial charge in [0.1, 0.15) is 11.6 Å². The minimum absolute atomic E-state index is 0.827. The van der Waals surface area contributed by atoms with Crippen molar-refractivity contribution < 1.29 is 4.74 Å². The zero-order chi connectivity index (χ0) is 18.9. The molecule has 2 aromatic carbocycles. The standard InChI is InChI=1S/C21H27N5O/c1-22-21(24-15-13-16-9-11-17(27-2)12-10-16)23-14-5-8-20-25-18-6-3-4-7-19(18)26-20/h3-4,6-7,9-12H,5,8,13-15H2,1-2H3,(H,25,26)(H2,22,23,24). The van der Waals surface area contributed by atoms with Gasteiger partial charge in [-0.1, -0.05) is 24.3 Å². The molecule has 0 spiro atoms. The summed E-state index contributed by atoms with van der Waals surface area (Å²) < 4.78 is 5.18. The molecule has 6 heteroatoms. The highest BCUT2D eigenvalue weighted by molar-refractivity contribution is 5.79. The first-order chi connectivity index (χ1) is 13.3. The fraction of sp³-hybridized carbons (Fsp3) is 0.333. The molecule has 6 nitrogen and oxygen atoms in total. The minimum Gasteiger partial charge on any atom is -0.497 e. The minimum atomic E-state index is 0.827. The lowest BCUT2D eigenvalue weighted by atomic mass is 10.1. The van der Waals surface area contributed by atoms with Crippen molar-refractivity contribution in [1.29, 1.82) is 0 Å². The highest BCUT2D eigenvalue weighted by Crippen LogP contribution is 2.12. The number of hydrogen-bond acceptors (Lipinski definition) is 3. The Bertz CT molecular complexity index is 837. The first kappa shape index (κ1) is 18.8. The maximum atomic E-state index is 5.18. The normalized spacial score (nSPS) is 11.6. The van der Waals surface area contributed by atoms with E-state index in [-0.39, 0.29) is 0 Å². The van der Waals surface area contributed by atoms with E-state index in [9.17, 15) is 0 Å². The van der Waals surface area contributed by atoms with Crippen LogP contribution in [0, 0.1) is 0 Å².